The van der Waals surface area contributed by atoms with Gasteiger partial charge in [-0.05, 0) is 62.1 Å². The van der Waals surface area contributed by atoms with Crippen molar-refractivity contribution in [2.75, 3.05) is 6.61 Å². The van der Waals surface area contributed by atoms with Gasteiger partial charge in [0.1, 0.15) is 11.3 Å². The van der Waals surface area contributed by atoms with E-state index in [4.69, 9.17) is 14.7 Å². The van der Waals surface area contributed by atoms with E-state index in [0.29, 0.717) is 6.61 Å². The van der Waals surface area contributed by atoms with Crippen molar-refractivity contribution in [3.8, 4) is 0 Å². The summed E-state index contributed by atoms with van der Waals surface area (Å²) in [6.07, 6.45) is 1.59. The molecule has 0 N–H and O–H groups in total. The predicted molar refractivity (Wildman–Crippen MR) is 132 cm³/mol. The highest BCUT2D eigenvalue weighted by Gasteiger charge is 2.39. The third kappa shape index (κ3) is 3.86. The summed E-state index contributed by atoms with van der Waals surface area (Å²) in [5.41, 5.74) is 6.61. The van der Waals surface area contributed by atoms with Crippen LogP contribution in [0.3, 0.4) is 0 Å². The van der Waals surface area contributed by atoms with Gasteiger partial charge in [0.15, 0.2) is 5.65 Å². The van der Waals surface area contributed by atoms with E-state index in [0.717, 1.165) is 47.6 Å². The van der Waals surface area contributed by atoms with Crippen LogP contribution in [-0.2, 0) is 28.9 Å². The second-order valence-electron chi connectivity index (χ2n) is 8.76. The molecule has 1 aromatic carbocycles. The highest BCUT2D eigenvalue weighted by atomic mass is 32.1. The number of imidazole rings is 1. The van der Waals surface area contributed by atoms with Gasteiger partial charge >= 0.3 is 5.97 Å². The maximum absolute atomic E-state index is 12.8. The zero-order valence-corrected chi connectivity index (χ0v) is 20.4. The summed E-state index contributed by atoms with van der Waals surface area (Å²) in [5, 5.41) is 0. The van der Waals surface area contributed by atoms with Gasteiger partial charge in [-0.3, -0.25) is 4.79 Å². The first kappa shape index (κ1) is 21.8. The summed E-state index contributed by atoms with van der Waals surface area (Å²) in [7, 11) is 0. The monoisotopic (exact) mass is 459 g/mol. The van der Waals surface area contributed by atoms with Crippen molar-refractivity contribution >= 4 is 28.5 Å². The van der Waals surface area contributed by atoms with Crippen LogP contribution in [0.25, 0.3) is 11.2 Å². The summed E-state index contributed by atoms with van der Waals surface area (Å²) in [6.45, 7) is 9.29. The lowest BCUT2D eigenvalue weighted by atomic mass is 9.91. The maximum atomic E-state index is 12.8. The average molecular weight is 460 g/mol. The molecule has 0 spiro atoms. The molecular formula is C27H29N3O2S. The molecule has 3 heterocycles. The van der Waals surface area contributed by atoms with Gasteiger partial charge in [-0.1, -0.05) is 31.2 Å². The Hall–Kier alpha value is -2.99. The summed E-state index contributed by atoms with van der Waals surface area (Å²) in [5.74, 6) is 0.835. The minimum absolute atomic E-state index is 0.0480. The standard InChI is InChI=1S/C27H29N3O2S/c1-5-23-29-25-16(3)13-17(4)28-26(25)30(23)15-19-11-12-22(33-19)24-20-10-8-7-9-18(20)14-21(24)27(31)32-6-2/h7-13,21,24H,5-6,14-15H2,1-4H3. The maximum Gasteiger partial charge on any atom is 0.310 e. The molecular weight excluding hydrogens is 430 g/mol. The molecule has 0 saturated carbocycles. The second-order valence-corrected chi connectivity index (χ2v) is 9.96. The largest absolute Gasteiger partial charge is 0.466 e. The molecule has 170 valence electrons. The number of carbonyl (C=O) groups excluding carboxylic acids is 1. The third-order valence-electron chi connectivity index (χ3n) is 6.54. The van der Waals surface area contributed by atoms with Gasteiger partial charge in [-0.15, -0.1) is 11.3 Å². The summed E-state index contributed by atoms with van der Waals surface area (Å²) >= 11 is 1.78. The normalized spacial score (nSPS) is 17.5. The van der Waals surface area contributed by atoms with Crippen molar-refractivity contribution < 1.29 is 9.53 Å². The first-order valence-corrected chi connectivity index (χ1v) is 12.5. The molecule has 0 amide bonds. The molecule has 1 aliphatic rings. The molecule has 0 bridgehead atoms. The molecule has 2 atom stereocenters. The number of hydrogen-bond donors (Lipinski definition) is 0. The molecule has 0 fully saturated rings. The Labute approximate surface area is 198 Å². The van der Waals surface area contributed by atoms with Gasteiger partial charge in [0.2, 0.25) is 0 Å². The smallest absolute Gasteiger partial charge is 0.310 e. The Kier molecular flexibility index (Phi) is 5.79. The lowest BCUT2D eigenvalue weighted by Crippen LogP contribution is -2.22. The van der Waals surface area contributed by atoms with E-state index in [1.807, 2.05) is 13.8 Å². The summed E-state index contributed by atoms with van der Waals surface area (Å²) in [6, 6.07) is 14.9. The van der Waals surface area contributed by atoms with Crippen LogP contribution < -0.4 is 0 Å². The number of carbonyl (C=O) groups is 1. The van der Waals surface area contributed by atoms with E-state index in [1.54, 1.807) is 11.3 Å². The first-order chi connectivity index (χ1) is 16.0. The fourth-order valence-corrected chi connectivity index (χ4v) is 6.29. The molecule has 5 nitrogen and oxygen atoms in total. The van der Waals surface area contributed by atoms with Crippen LogP contribution in [-0.4, -0.2) is 27.1 Å². The van der Waals surface area contributed by atoms with Gasteiger partial charge in [0, 0.05) is 27.8 Å². The molecule has 1 aliphatic carbocycles. The van der Waals surface area contributed by atoms with Gasteiger partial charge < -0.3 is 9.30 Å². The molecule has 3 aromatic heterocycles. The van der Waals surface area contributed by atoms with Gasteiger partial charge in [-0.25, -0.2) is 9.97 Å². The Morgan fingerprint density at radius 2 is 1.97 bits per heavy atom. The van der Waals surface area contributed by atoms with Crippen LogP contribution >= 0.6 is 11.3 Å². The van der Waals surface area contributed by atoms with Crippen molar-refractivity contribution in [1.29, 1.82) is 0 Å². The van der Waals surface area contributed by atoms with E-state index in [1.165, 1.54) is 20.9 Å². The topological polar surface area (TPSA) is 57.0 Å². The van der Waals surface area contributed by atoms with Gasteiger partial charge in [0.25, 0.3) is 0 Å². The average Bonchev–Trinajstić information content (AvgIpc) is 3.50. The number of hydrogen-bond acceptors (Lipinski definition) is 5. The van der Waals surface area contributed by atoms with Gasteiger partial charge in [0.05, 0.1) is 19.1 Å². The minimum Gasteiger partial charge on any atom is -0.466 e. The van der Waals surface area contributed by atoms with Crippen LogP contribution in [0.5, 0.6) is 0 Å². The molecule has 4 aromatic rings. The van der Waals surface area contributed by atoms with Crippen molar-refractivity contribution in [2.45, 2.75) is 53.0 Å². The van der Waals surface area contributed by atoms with Crippen LogP contribution in [0.2, 0.25) is 0 Å². The number of esters is 1. The zero-order chi connectivity index (χ0) is 23.1. The predicted octanol–water partition coefficient (Wildman–Crippen LogP) is 5.59. The Bertz CT molecular complexity index is 1340. The number of nitrogens with zero attached hydrogens (tertiary/aromatic N) is 3. The number of pyridine rings is 1. The van der Waals surface area contributed by atoms with Crippen molar-refractivity contribution in [1.82, 2.24) is 14.5 Å². The van der Waals surface area contributed by atoms with Gasteiger partial charge in [-0.2, -0.15) is 0 Å². The van der Waals surface area contributed by atoms with E-state index in [-0.39, 0.29) is 17.8 Å². The van der Waals surface area contributed by atoms with Crippen LogP contribution in [0.15, 0.2) is 42.5 Å². The van der Waals surface area contributed by atoms with Crippen molar-refractivity contribution in [3.63, 3.8) is 0 Å². The van der Waals surface area contributed by atoms with Crippen LogP contribution in [0.4, 0.5) is 0 Å². The number of aryl methyl sites for hydroxylation is 3. The third-order valence-corrected chi connectivity index (χ3v) is 7.70. The summed E-state index contributed by atoms with van der Waals surface area (Å²) in [4.78, 5) is 25.0. The van der Waals surface area contributed by atoms with E-state index < -0.39 is 0 Å². The Balaban J connectivity index is 1.51. The van der Waals surface area contributed by atoms with Crippen LogP contribution in [0.1, 0.15) is 57.7 Å². The Morgan fingerprint density at radius 3 is 2.76 bits per heavy atom. The number of aromatic nitrogens is 3. The SMILES string of the molecule is CCOC(=O)C1Cc2ccccc2C1c1ccc(Cn2c(CC)nc3c(C)cc(C)nc32)s1. The number of rotatable bonds is 6. The molecule has 5 rings (SSSR count). The molecule has 0 saturated heterocycles. The first-order valence-electron chi connectivity index (χ1n) is 11.7. The fourth-order valence-electron chi connectivity index (χ4n) is 5.10. The van der Waals surface area contributed by atoms with Crippen molar-refractivity contribution in [3.05, 3.63) is 80.4 Å². The number of ether oxygens (including phenoxy) is 1. The zero-order valence-electron chi connectivity index (χ0n) is 19.6. The highest BCUT2D eigenvalue weighted by molar-refractivity contribution is 7.12. The van der Waals surface area contributed by atoms with E-state index >= 15 is 0 Å². The van der Waals surface area contributed by atoms with Crippen LogP contribution in [0, 0.1) is 19.8 Å². The second kappa shape index (κ2) is 8.75. The molecule has 0 aliphatic heterocycles. The molecule has 2 unspecified atom stereocenters. The molecule has 6 heteroatoms. The van der Waals surface area contributed by atoms with E-state index in [9.17, 15) is 4.79 Å². The molecule has 33 heavy (non-hydrogen) atoms. The highest BCUT2D eigenvalue weighted by Crippen LogP contribution is 2.45. The number of benzene rings is 1. The van der Waals surface area contributed by atoms with Crippen molar-refractivity contribution in [2.24, 2.45) is 5.92 Å². The van der Waals surface area contributed by atoms with E-state index in [2.05, 4.69) is 60.9 Å². The molecule has 0 radical (unpaired) electrons. The lowest BCUT2D eigenvalue weighted by Gasteiger charge is -2.18. The summed E-state index contributed by atoms with van der Waals surface area (Å²) < 4.78 is 7.69. The quantitative estimate of drug-likeness (QED) is 0.353. The number of fused-ring (bicyclic) bond motifs is 2. The Morgan fingerprint density at radius 1 is 1.15 bits per heavy atom. The lowest BCUT2D eigenvalue weighted by molar-refractivity contribution is -0.148. The minimum atomic E-state index is -0.166. The fraction of sp³-hybridized carbons (Fsp3) is 0.370. The number of thiophene rings is 1.